The van der Waals surface area contributed by atoms with Crippen LogP contribution in [0.5, 0.6) is 0 Å². The zero-order valence-electron chi connectivity index (χ0n) is 8.40. The minimum atomic E-state index is -0.103. The number of H-pyrrole nitrogens is 2. The number of hydrogen-bond donors (Lipinski definition) is 2. The number of rotatable bonds is 1. The molecule has 0 saturated heterocycles. The van der Waals surface area contributed by atoms with Gasteiger partial charge in [0.25, 0.3) is 5.56 Å². The molecule has 3 aromatic rings. The smallest absolute Gasteiger partial charge is 0.257 e. The van der Waals surface area contributed by atoms with Crippen LogP contribution in [0.3, 0.4) is 0 Å². The summed E-state index contributed by atoms with van der Waals surface area (Å²) in [6.45, 7) is 0. The molecule has 4 nitrogen and oxygen atoms in total. The predicted octanol–water partition coefficient (Wildman–Crippen LogP) is 1.92. The lowest BCUT2D eigenvalue weighted by molar-refractivity contribution is 1.23. The number of aromatic amines is 2. The van der Waals surface area contributed by atoms with Gasteiger partial charge in [-0.25, -0.2) is 4.98 Å². The topological polar surface area (TPSA) is 61.5 Å². The second-order valence-corrected chi connectivity index (χ2v) is 3.54. The molecular weight excluding hydrogens is 202 g/mol. The van der Waals surface area contributed by atoms with Crippen molar-refractivity contribution in [3.63, 3.8) is 0 Å². The van der Waals surface area contributed by atoms with Gasteiger partial charge in [0.2, 0.25) is 0 Å². The van der Waals surface area contributed by atoms with E-state index < -0.39 is 0 Å². The van der Waals surface area contributed by atoms with E-state index in [0.717, 1.165) is 16.7 Å². The summed E-state index contributed by atoms with van der Waals surface area (Å²) in [7, 11) is 0. The molecule has 0 atom stereocenters. The molecule has 0 aromatic carbocycles. The molecule has 2 N–H and O–H groups in total. The van der Waals surface area contributed by atoms with Crippen molar-refractivity contribution in [1.82, 2.24) is 15.0 Å². The molecule has 3 aromatic heterocycles. The van der Waals surface area contributed by atoms with Gasteiger partial charge in [0, 0.05) is 17.8 Å². The molecule has 0 fully saturated rings. The highest BCUT2D eigenvalue weighted by Gasteiger charge is 2.06. The molecule has 4 heteroatoms. The Labute approximate surface area is 91.0 Å². The van der Waals surface area contributed by atoms with Crippen LogP contribution in [-0.4, -0.2) is 15.0 Å². The molecule has 0 aliphatic carbocycles. The fraction of sp³-hybridized carbons (Fsp3) is 0. The lowest BCUT2D eigenvalue weighted by atomic mass is 10.2. The molecule has 3 rings (SSSR count). The SMILES string of the molecule is O=c1[nH]cccc1-c1cc2cccnc2[nH]1. The van der Waals surface area contributed by atoms with Crippen LogP contribution in [-0.2, 0) is 0 Å². The molecule has 78 valence electrons. The molecule has 0 bridgehead atoms. The first-order valence-electron chi connectivity index (χ1n) is 4.96. The molecule has 0 aliphatic heterocycles. The first-order chi connectivity index (χ1) is 7.84. The average molecular weight is 211 g/mol. The van der Waals surface area contributed by atoms with Crippen molar-refractivity contribution in [2.24, 2.45) is 0 Å². The number of nitrogens with zero attached hydrogens (tertiary/aromatic N) is 1. The first-order valence-corrected chi connectivity index (χ1v) is 4.96. The third-order valence-corrected chi connectivity index (χ3v) is 2.50. The van der Waals surface area contributed by atoms with Gasteiger partial charge in [0.05, 0.1) is 11.3 Å². The summed E-state index contributed by atoms with van der Waals surface area (Å²) in [6, 6.07) is 9.33. The van der Waals surface area contributed by atoms with Gasteiger partial charge in [-0.2, -0.15) is 0 Å². The van der Waals surface area contributed by atoms with Gasteiger partial charge in [0.1, 0.15) is 5.65 Å². The number of hydrogen-bond acceptors (Lipinski definition) is 2. The molecule has 0 spiro atoms. The van der Waals surface area contributed by atoms with Gasteiger partial charge in [-0.05, 0) is 30.3 Å². The van der Waals surface area contributed by atoms with Crippen LogP contribution in [0.4, 0.5) is 0 Å². The minimum absolute atomic E-state index is 0.103. The molecule has 16 heavy (non-hydrogen) atoms. The number of fused-ring (bicyclic) bond motifs is 1. The van der Waals surface area contributed by atoms with Crippen molar-refractivity contribution in [3.05, 3.63) is 53.1 Å². The van der Waals surface area contributed by atoms with Crippen molar-refractivity contribution in [1.29, 1.82) is 0 Å². The van der Waals surface area contributed by atoms with E-state index in [4.69, 9.17) is 0 Å². The zero-order valence-corrected chi connectivity index (χ0v) is 8.40. The third kappa shape index (κ3) is 1.32. The second-order valence-electron chi connectivity index (χ2n) is 3.54. The van der Waals surface area contributed by atoms with Gasteiger partial charge < -0.3 is 9.97 Å². The lowest BCUT2D eigenvalue weighted by Crippen LogP contribution is -2.06. The van der Waals surface area contributed by atoms with Gasteiger partial charge in [-0.1, -0.05) is 0 Å². The largest absolute Gasteiger partial charge is 0.339 e. The van der Waals surface area contributed by atoms with Crippen LogP contribution in [0.25, 0.3) is 22.3 Å². The van der Waals surface area contributed by atoms with E-state index in [-0.39, 0.29) is 5.56 Å². The summed E-state index contributed by atoms with van der Waals surface area (Å²) in [5, 5.41) is 1.00. The van der Waals surface area contributed by atoms with E-state index in [1.54, 1.807) is 24.5 Å². The minimum Gasteiger partial charge on any atom is -0.339 e. The summed E-state index contributed by atoms with van der Waals surface area (Å²) in [6.07, 6.45) is 3.34. The Hall–Kier alpha value is -2.36. The van der Waals surface area contributed by atoms with E-state index in [0.29, 0.717) is 5.56 Å². The van der Waals surface area contributed by atoms with Crippen LogP contribution in [0.15, 0.2) is 47.5 Å². The van der Waals surface area contributed by atoms with Gasteiger partial charge in [-0.3, -0.25) is 4.79 Å². The first kappa shape index (κ1) is 8.91. The van der Waals surface area contributed by atoms with E-state index in [1.807, 2.05) is 18.2 Å². The maximum atomic E-state index is 11.6. The van der Waals surface area contributed by atoms with Crippen molar-refractivity contribution >= 4 is 11.0 Å². The summed E-state index contributed by atoms with van der Waals surface area (Å²) in [4.78, 5) is 21.6. The molecule has 0 saturated carbocycles. The molecule has 0 radical (unpaired) electrons. The highest BCUT2D eigenvalue weighted by atomic mass is 16.1. The maximum absolute atomic E-state index is 11.6. The fourth-order valence-corrected chi connectivity index (χ4v) is 1.74. The monoisotopic (exact) mass is 211 g/mol. The van der Waals surface area contributed by atoms with E-state index in [1.165, 1.54) is 0 Å². The average Bonchev–Trinajstić information content (AvgIpc) is 2.73. The molecule has 0 unspecified atom stereocenters. The van der Waals surface area contributed by atoms with E-state index in [9.17, 15) is 4.79 Å². The van der Waals surface area contributed by atoms with Crippen LogP contribution in [0.1, 0.15) is 0 Å². The Kier molecular flexibility index (Phi) is 1.86. The van der Waals surface area contributed by atoms with Gasteiger partial charge in [-0.15, -0.1) is 0 Å². The fourth-order valence-electron chi connectivity index (χ4n) is 1.74. The lowest BCUT2D eigenvalue weighted by Gasteiger charge is -1.93. The third-order valence-electron chi connectivity index (χ3n) is 2.50. The zero-order chi connectivity index (χ0) is 11.0. The van der Waals surface area contributed by atoms with Crippen molar-refractivity contribution in [3.8, 4) is 11.3 Å². The summed E-state index contributed by atoms with van der Waals surface area (Å²) >= 11 is 0. The summed E-state index contributed by atoms with van der Waals surface area (Å²) < 4.78 is 0. The van der Waals surface area contributed by atoms with E-state index >= 15 is 0 Å². The molecule has 0 aliphatic rings. The molecular formula is C12H9N3O. The van der Waals surface area contributed by atoms with Crippen LogP contribution in [0, 0.1) is 0 Å². The second kappa shape index (κ2) is 3.34. The maximum Gasteiger partial charge on any atom is 0.257 e. The number of pyridine rings is 2. The standard InChI is InChI=1S/C12H9N3O/c16-12-9(4-2-6-14-12)10-7-8-3-1-5-13-11(8)15-10/h1-7H,(H,13,15)(H,14,16). The quantitative estimate of drug-likeness (QED) is 0.646. The molecule has 3 heterocycles. The van der Waals surface area contributed by atoms with Crippen LogP contribution in [0.2, 0.25) is 0 Å². The molecule has 0 amide bonds. The highest BCUT2D eigenvalue weighted by Crippen LogP contribution is 2.19. The van der Waals surface area contributed by atoms with Crippen molar-refractivity contribution in [2.45, 2.75) is 0 Å². The Morgan fingerprint density at radius 2 is 2.12 bits per heavy atom. The number of aromatic nitrogens is 3. The normalized spacial score (nSPS) is 10.8. The summed E-state index contributed by atoms with van der Waals surface area (Å²) in [5.74, 6) is 0. The Bertz CT molecular complexity index is 663. The highest BCUT2D eigenvalue weighted by molar-refractivity contribution is 5.82. The van der Waals surface area contributed by atoms with Gasteiger partial charge in [0.15, 0.2) is 0 Å². The number of nitrogens with one attached hydrogen (secondary N) is 2. The van der Waals surface area contributed by atoms with Crippen LogP contribution >= 0.6 is 0 Å². The van der Waals surface area contributed by atoms with E-state index in [2.05, 4.69) is 15.0 Å². The van der Waals surface area contributed by atoms with Crippen molar-refractivity contribution < 1.29 is 0 Å². The summed E-state index contributed by atoms with van der Waals surface area (Å²) in [5.41, 5.74) is 2.10. The van der Waals surface area contributed by atoms with Crippen molar-refractivity contribution in [2.75, 3.05) is 0 Å². The Morgan fingerprint density at radius 1 is 1.19 bits per heavy atom. The predicted molar refractivity (Wildman–Crippen MR) is 62.2 cm³/mol. The Morgan fingerprint density at radius 3 is 2.94 bits per heavy atom. The van der Waals surface area contributed by atoms with Crippen LogP contribution < -0.4 is 5.56 Å². The Balaban J connectivity index is 2.27. The van der Waals surface area contributed by atoms with Gasteiger partial charge >= 0.3 is 0 Å².